The number of rotatable bonds is 7. The Morgan fingerprint density at radius 2 is 1.96 bits per heavy atom. The van der Waals surface area contributed by atoms with Crippen LogP contribution in [-0.4, -0.2) is 49.8 Å². The molecule has 0 unspecified atom stereocenters. The van der Waals surface area contributed by atoms with Crippen LogP contribution >= 0.6 is 11.3 Å². The first-order valence-corrected chi connectivity index (χ1v) is 10.5. The third kappa shape index (κ3) is 4.80. The molecule has 1 aromatic heterocycles. The van der Waals surface area contributed by atoms with Crippen molar-refractivity contribution < 1.29 is 22.7 Å². The lowest BCUT2D eigenvalue weighted by Gasteiger charge is -2.24. The Kier molecular flexibility index (Phi) is 6.23. The fourth-order valence-corrected chi connectivity index (χ4v) is 5.22. The summed E-state index contributed by atoms with van der Waals surface area (Å²) in [5.41, 5.74) is -0.392. The SMILES string of the molecule is CCC(C)(C)NC(=O)COC(=O)c1sccc1S(=O)(=O)N1CCCC1. The fourth-order valence-electron chi connectivity index (χ4n) is 2.42. The number of nitrogens with zero attached hydrogens (tertiary/aromatic N) is 1. The van der Waals surface area contributed by atoms with Gasteiger partial charge in [0.2, 0.25) is 10.0 Å². The molecule has 0 bridgehead atoms. The lowest BCUT2D eigenvalue weighted by Crippen LogP contribution is -2.44. The molecule has 9 heteroatoms. The number of esters is 1. The Labute approximate surface area is 152 Å². The molecule has 7 nitrogen and oxygen atoms in total. The molecular weight excluding hydrogens is 364 g/mol. The summed E-state index contributed by atoms with van der Waals surface area (Å²) in [4.78, 5) is 24.1. The van der Waals surface area contributed by atoms with Gasteiger partial charge in [0.1, 0.15) is 9.77 Å². The second-order valence-electron chi connectivity index (χ2n) is 6.59. The number of hydrogen-bond donors (Lipinski definition) is 1. The molecule has 0 spiro atoms. The molecule has 1 aliphatic heterocycles. The molecule has 0 aromatic carbocycles. The molecule has 140 valence electrons. The maximum atomic E-state index is 12.6. The Balaban J connectivity index is 2.04. The molecule has 1 fully saturated rings. The number of hydrogen-bond acceptors (Lipinski definition) is 6. The number of amides is 1. The second-order valence-corrected chi connectivity index (χ2v) is 9.41. The quantitative estimate of drug-likeness (QED) is 0.721. The largest absolute Gasteiger partial charge is 0.451 e. The average molecular weight is 389 g/mol. The maximum absolute atomic E-state index is 12.6. The van der Waals surface area contributed by atoms with E-state index in [9.17, 15) is 18.0 Å². The normalized spacial score (nSPS) is 16.0. The summed E-state index contributed by atoms with van der Waals surface area (Å²) >= 11 is 1.00. The zero-order valence-corrected chi connectivity index (χ0v) is 16.3. The van der Waals surface area contributed by atoms with Gasteiger partial charge in [-0.05, 0) is 44.6 Å². The van der Waals surface area contributed by atoms with Crippen molar-refractivity contribution in [1.82, 2.24) is 9.62 Å². The van der Waals surface area contributed by atoms with Crippen molar-refractivity contribution in [2.24, 2.45) is 0 Å². The van der Waals surface area contributed by atoms with Gasteiger partial charge in [0.25, 0.3) is 5.91 Å². The maximum Gasteiger partial charge on any atom is 0.350 e. The zero-order chi connectivity index (χ0) is 18.7. The molecule has 1 amide bonds. The van der Waals surface area contributed by atoms with Crippen molar-refractivity contribution >= 4 is 33.2 Å². The molecule has 1 aliphatic rings. The van der Waals surface area contributed by atoms with E-state index in [0.29, 0.717) is 13.1 Å². The minimum atomic E-state index is -3.70. The van der Waals surface area contributed by atoms with E-state index in [-0.39, 0.29) is 9.77 Å². The fraction of sp³-hybridized carbons (Fsp3) is 0.625. The van der Waals surface area contributed by atoms with Crippen LogP contribution in [0, 0.1) is 0 Å². The topological polar surface area (TPSA) is 92.8 Å². The van der Waals surface area contributed by atoms with Crippen LogP contribution in [0.15, 0.2) is 16.3 Å². The standard InChI is InChI=1S/C16H24N2O5S2/c1-4-16(2,3)17-13(19)11-23-15(20)14-12(7-10-24-14)25(21,22)18-8-5-6-9-18/h7,10H,4-6,8-9,11H2,1-3H3,(H,17,19). The molecule has 1 saturated heterocycles. The van der Waals surface area contributed by atoms with Gasteiger partial charge >= 0.3 is 5.97 Å². The van der Waals surface area contributed by atoms with Crippen LogP contribution < -0.4 is 5.32 Å². The highest BCUT2D eigenvalue weighted by Crippen LogP contribution is 2.28. The number of thiophene rings is 1. The summed E-state index contributed by atoms with van der Waals surface area (Å²) in [5.74, 6) is -1.21. The minimum Gasteiger partial charge on any atom is -0.451 e. The first kappa shape index (κ1) is 19.9. The van der Waals surface area contributed by atoms with Gasteiger partial charge in [0.15, 0.2) is 6.61 Å². The predicted octanol–water partition coefficient (Wildman–Crippen LogP) is 1.99. The van der Waals surface area contributed by atoms with Crippen LogP contribution in [0.1, 0.15) is 49.7 Å². The van der Waals surface area contributed by atoms with E-state index in [1.807, 2.05) is 20.8 Å². The van der Waals surface area contributed by atoms with Gasteiger partial charge in [-0.2, -0.15) is 4.31 Å². The second kappa shape index (κ2) is 7.84. The summed E-state index contributed by atoms with van der Waals surface area (Å²) in [6, 6.07) is 1.41. The molecule has 0 atom stereocenters. The number of carbonyl (C=O) groups is 2. The average Bonchev–Trinajstić information content (AvgIpc) is 3.23. The van der Waals surface area contributed by atoms with Gasteiger partial charge in [-0.3, -0.25) is 4.79 Å². The van der Waals surface area contributed by atoms with Crippen LogP contribution in [0.25, 0.3) is 0 Å². The Hall–Kier alpha value is -1.45. The highest BCUT2D eigenvalue weighted by molar-refractivity contribution is 7.89. The molecule has 1 aromatic rings. The Morgan fingerprint density at radius 1 is 1.32 bits per heavy atom. The summed E-state index contributed by atoms with van der Waals surface area (Å²) in [6.45, 7) is 6.15. The van der Waals surface area contributed by atoms with Crippen LogP contribution in [0.4, 0.5) is 0 Å². The monoisotopic (exact) mass is 388 g/mol. The van der Waals surface area contributed by atoms with Gasteiger partial charge in [-0.1, -0.05) is 6.92 Å². The Bertz CT molecular complexity index is 733. The van der Waals surface area contributed by atoms with E-state index >= 15 is 0 Å². The van der Waals surface area contributed by atoms with Gasteiger partial charge in [0.05, 0.1) is 0 Å². The molecule has 0 radical (unpaired) electrons. The number of carbonyl (C=O) groups excluding carboxylic acids is 2. The predicted molar refractivity (Wildman–Crippen MR) is 95.1 cm³/mol. The Morgan fingerprint density at radius 3 is 2.56 bits per heavy atom. The summed E-state index contributed by atoms with van der Waals surface area (Å²) in [7, 11) is -3.70. The van der Waals surface area contributed by atoms with Crippen molar-refractivity contribution in [2.75, 3.05) is 19.7 Å². The van der Waals surface area contributed by atoms with Crippen molar-refractivity contribution in [3.8, 4) is 0 Å². The highest BCUT2D eigenvalue weighted by Gasteiger charge is 2.32. The molecule has 25 heavy (non-hydrogen) atoms. The lowest BCUT2D eigenvalue weighted by molar-refractivity contribution is -0.125. The third-order valence-electron chi connectivity index (χ3n) is 4.19. The molecule has 2 rings (SSSR count). The van der Waals surface area contributed by atoms with Crippen LogP contribution in [-0.2, 0) is 19.6 Å². The summed E-state index contributed by atoms with van der Waals surface area (Å²) < 4.78 is 31.7. The number of ether oxygens (including phenoxy) is 1. The van der Waals surface area contributed by atoms with E-state index in [4.69, 9.17) is 4.74 Å². The van der Waals surface area contributed by atoms with Crippen LogP contribution in [0.5, 0.6) is 0 Å². The van der Waals surface area contributed by atoms with Crippen molar-refractivity contribution in [2.45, 2.75) is 50.5 Å². The van der Waals surface area contributed by atoms with Gasteiger partial charge in [-0.25, -0.2) is 13.2 Å². The molecule has 1 N–H and O–H groups in total. The van der Waals surface area contributed by atoms with Gasteiger partial charge in [-0.15, -0.1) is 11.3 Å². The first-order valence-electron chi connectivity index (χ1n) is 8.23. The van der Waals surface area contributed by atoms with E-state index in [1.165, 1.54) is 10.4 Å². The van der Waals surface area contributed by atoms with E-state index < -0.39 is 34.0 Å². The van der Waals surface area contributed by atoms with Crippen LogP contribution in [0.2, 0.25) is 0 Å². The third-order valence-corrected chi connectivity index (χ3v) is 7.16. The molecular formula is C16H24N2O5S2. The highest BCUT2D eigenvalue weighted by atomic mass is 32.2. The number of nitrogens with one attached hydrogen (secondary N) is 1. The van der Waals surface area contributed by atoms with Crippen molar-refractivity contribution in [3.05, 3.63) is 16.3 Å². The lowest BCUT2D eigenvalue weighted by atomic mass is 10.0. The van der Waals surface area contributed by atoms with Gasteiger partial charge in [0, 0.05) is 18.6 Å². The molecule has 0 aliphatic carbocycles. The molecule has 0 saturated carbocycles. The first-order chi connectivity index (χ1) is 11.7. The van der Waals surface area contributed by atoms with Gasteiger partial charge < -0.3 is 10.1 Å². The summed E-state index contributed by atoms with van der Waals surface area (Å²) in [6.07, 6.45) is 2.36. The van der Waals surface area contributed by atoms with Crippen molar-refractivity contribution in [1.29, 1.82) is 0 Å². The summed E-state index contributed by atoms with van der Waals surface area (Å²) in [5, 5.41) is 4.30. The van der Waals surface area contributed by atoms with Crippen molar-refractivity contribution in [3.63, 3.8) is 0 Å². The van der Waals surface area contributed by atoms with E-state index in [1.54, 1.807) is 5.38 Å². The van der Waals surface area contributed by atoms with E-state index in [2.05, 4.69) is 5.32 Å². The smallest absolute Gasteiger partial charge is 0.350 e. The number of sulfonamides is 1. The molecule has 2 heterocycles. The van der Waals surface area contributed by atoms with Crippen LogP contribution in [0.3, 0.4) is 0 Å². The van der Waals surface area contributed by atoms with E-state index in [0.717, 1.165) is 30.6 Å². The zero-order valence-electron chi connectivity index (χ0n) is 14.7. The minimum absolute atomic E-state index is 0.00875.